The molecule has 0 aliphatic carbocycles. The van der Waals surface area contributed by atoms with Crippen molar-refractivity contribution in [2.24, 2.45) is 5.73 Å². The van der Waals surface area contributed by atoms with E-state index in [4.69, 9.17) is 5.73 Å². The number of aliphatic hydroxyl groups is 1. The summed E-state index contributed by atoms with van der Waals surface area (Å²) in [6, 6.07) is -0.737. The van der Waals surface area contributed by atoms with Gasteiger partial charge in [-0.05, 0) is 38.6 Å². The van der Waals surface area contributed by atoms with Gasteiger partial charge in [0.15, 0.2) is 6.04 Å². The van der Waals surface area contributed by atoms with Crippen LogP contribution in [0.4, 0.5) is 0 Å². The minimum Gasteiger partial charge on any atom is -0.394 e. The standard InChI is InChI=1S/C25H47N7O3/c26-14-10-7-8-12-22-20-32(30-29-22)23(21-33)25(35)28-15-11-6-4-2-1-3-5-9-13-24(34)31-18-16-27-17-19-31/h20,23,27,33H,1-19,21,26H2,(H,28,35)/t23-/m0/s1. The van der Waals surface area contributed by atoms with Crippen LogP contribution in [-0.4, -0.2) is 82.7 Å². The molecule has 200 valence electrons. The lowest BCUT2D eigenvalue weighted by Crippen LogP contribution is -2.46. The Morgan fingerprint density at radius 3 is 2.34 bits per heavy atom. The lowest BCUT2D eigenvalue weighted by atomic mass is 10.1. The van der Waals surface area contributed by atoms with Crippen LogP contribution >= 0.6 is 0 Å². The molecule has 10 heteroatoms. The van der Waals surface area contributed by atoms with Gasteiger partial charge in [0.25, 0.3) is 0 Å². The van der Waals surface area contributed by atoms with Crippen molar-refractivity contribution in [1.82, 2.24) is 30.5 Å². The Morgan fingerprint density at radius 1 is 1.00 bits per heavy atom. The fraction of sp³-hybridized carbons (Fsp3) is 0.840. The number of unbranched alkanes of at least 4 members (excludes halogenated alkanes) is 9. The second kappa shape index (κ2) is 18.3. The third kappa shape index (κ3) is 12.0. The number of rotatable bonds is 19. The van der Waals surface area contributed by atoms with Crippen molar-refractivity contribution < 1.29 is 14.7 Å². The first-order valence-corrected chi connectivity index (χ1v) is 13.6. The SMILES string of the molecule is NCCCCCc1cn([C@@H](CO)C(=O)NCCCCCCCCCCC(=O)N2CCNCC2)nn1. The summed E-state index contributed by atoms with van der Waals surface area (Å²) in [6.45, 7) is 4.51. The van der Waals surface area contributed by atoms with Crippen molar-refractivity contribution in [2.45, 2.75) is 89.5 Å². The molecule has 1 aliphatic rings. The first-order valence-electron chi connectivity index (χ1n) is 13.6. The van der Waals surface area contributed by atoms with Crippen molar-refractivity contribution in [3.05, 3.63) is 11.9 Å². The van der Waals surface area contributed by atoms with Gasteiger partial charge in [0.05, 0.1) is 12.3 Å². The summed E-state index contributed by atoms with van der Waals surface area (Å²) >= 11 is 0. The molecule has 1 aromatic rings. The molecule has 0 radical (unpaired) electrons. The van der Waals surface area contributed by atoms with Crippen LogP contribution in [0.25, 0.3) is 0 Å². The quantitative estimate of drug-likeness (QED) is 0.214. The van der Waals surface area contributed by atoms with Gasteiger partial charge in [-0.3, -0.25) is 9.59 Å². The molecule has 0 saturated carbocycles. The van der Waals surface area contributed by atoms with Gasteiger partial charge >= 0.3 is 0 Å². The lowest BCUT2D eigenvalue weighted by molar-refractivity contribution is -0.132. The van der Waals surface area contributed by atoms with Crippen LogP contribution in [0, 0.1) is 0 Å². The van der Waals surface area contributed by atoms with E-state index in [0.717, 1.165) is 89.7 Å². The maximum atomic E-state index is 12.5. The maximum Gasteiger partial charge on any atom is 0.247 e. The number of nitrogens with one attached hydrogen (secondary N) is 2. The molecule has 0 unspecified atom stereocenters. The lowest BCUT2D eigenvalue weighted by Gasteiger charge is -2.27. The number of nitrogens with zero attached hydrogens (tertiary/aromatic N) is 4. The van der Waals surface area contributed by atoms with E-state index in [-0.39, 0.29) is 12.5 Å². The van der Waals surface area contributed by atoms with Crippen LogP contribution in [0.5, 0.6) is 0 Å². The van der Waals surface area contributed by atoms with E-state index in [1.165, 1.54) is 23.9 Å². The summed E-state index contributed by atoms with van der Waals surface area (Å²) in [4.78, 5) is 26.6. The predicted octanol–water partition coefficient (Wildman–Crippen LogP) is 1.54. The van der Waals surface area contributed by atoms with Crippen LogP contribution in [0.15, 0.2) is 6.20 Å². The van der Waals surface area contributed by atoms with Gasteiger partial charge < -0.3 is 26.4 Å². The molecule has 5 N–H and O–H groups in total. The van der Waals surface area contributed by atoms with Gasteiger partial charge in [-0.1, -0.05) is 50.2 Å². The van der Waals surface area contributed by atoms with Crippen molar-refractivity contribution in [3.63, 3.8) is 0 Å². The highest BCUT2D eigenvalue weighted by molar-refractivity contribution is 5.80. The Labute approximate surface area is 210 Å². The molecule has 1 fully saturated rings. The number of amides is 2. The first kappa shape index (κ1) is 29.2. The zero-order valence-corrected chi connectivity index (χ0v) is 21.4. The summed E-state index contributed by atoms with van der Waals surface area (Å²) in [5, 5.41) is 24.0. The van der Waals surface area contributed by atoms with Crippen molar-refractivity contribution in [2.75, 3.05) is 45.9 Å². The third-order valence-electron chi connectivity index (χ3n) is 6.58. The number of aromatic nitrogens is 3. The van der Waals surface area contributed by atoms with Crippen molar-refractivity contribution in [3.8, 4) is 0 Å². The largest absolute Gasteiger partial charge is 0.394 e. The molecule has 0 spiro atoms. The zero-order chi connectivity index (χ0) is 25.1. The summed E-state index contributed by atoms with van der Waals surface area (Å²) in [7, 11) is 0. The highest BCUT2D eigenvalue weighted by Gasteiger charge is 2.20. The van der Waals surface area contributed by atoms with Crippen LogP contribution in [0.3, 0.4) is 0 Å². The van der Waals surface area contributed by atoms with Gasteiger partial charge in [-0.15, -0.1) is 5.10 Å². The molecule has 2 amide bonds. The topological polar surface area (TPSA) is 138 Å². The molecule has 1 aromatic heterocycles. The van der Waals surface area contributed by atoms with Gasteiger partial charge in [-0.25, -0.2) is 4.68 Å². The number of hydrogen-bond acceptors (Lipinski definition) is 7. The van der Waals surface area contributed by atoms with Crippen molar-refractivity contribution in [1.29, 1.82) is 0 Å². The fourth-order valence-electron chi connectivity index (χ4n) is 4.36. The molecule has 10 nitrogen and oxygen atoms in total. The molecular formula is C25H47N7O3. The Balaban J connectivity index is 1.46. The fourth-order valence-corrected chi connectivity index (χ4v) is 4.36. The van der Waals surface area contributed by atoms with E-state index in [2.05, 4.69) is 20.9 Å². The normalized spacial score (nSPS) is 14.7. The summed E-state index contributed by atoms with van der Waals surface area (Å²) < 4.78 is 1.46. The van der Waals surface area contributed by atoms with Gasteiger partial charge in [-0.2, -0.15) is 0 Å². The molecule has 2 heterocycles. The Kier molecular flexibility index (Phi) is 15.2. The predicted molar refractivity (Wildman–Crippen MR) is 137 cm³/mol. The van der Waals surface area contributed by atoms with Crippen LogP contribution in [0.1, 0.15) is 88.8 Å². The number of nitrogens with two attached hydrogens (primary N) is 1. The number of aliphatic hydroxyl groups excluding tert-OH is 1. The first-order chi connectivity index (χ1) is 17.2. The molecular weight excluding hydrogens is 446 g/mol. The number of aryl methyl sites for hydroxylation is 1. The molecule has 1 aliphatic heterocycles. The number of carbonyl (C=O) groups excluding carboxylic acids is 2. The van der Waals surface area contributed by atoms with Gasteiger partial charge in [0.1, 0.15) is 0 Å². The van der Waals surface area contributed by atoms with E-state index in [0.29, 0.717) is 25.4 Å². The summed E-state index contributed by atoms with van der Waals surface area (Å²) in [5.41, 5.74) is 6.34. The third-order valence-corrected chi connectivity index (χ3v) is 6.58. The summed E-state index contributed by atoms with van der Waals surface area (Å²) in [6.07, 6.45) is 15.1. The average molecular weight is 494 g/mol. The number of carbonyl (C=O) groups is 2. The summed E-state index contributed by atoms with van der Waals surface area (Å²) in [5.74, 6) is 0.0852. The Bertz CT molecular complexity index is 707. The Morgan fingerprint density at radius 2 is 1.66 bits per heavy atom. The average Bonchev–Trinajstić information content (AvgIpc) is 3.34. The minimum absolute atomic E-state index is 0.220. The van der Waals surface area contributed by atoms with E-state index >= 15 is 0 Å². The molecule has 0 bridgehead atoms. The second-order valence-corrected chi connectivity index (χ2v) is 9.49. The van der Waals surface area contributed by atoms with Crippen molar-refractivity contribution >= 4 is 11.8 Å². The Hall–Kier alpha value is -2.04. The van der Waals surface area contributed by atoms with Gasteiger partial charge in [0.2, 0.25) is 11.8 Å². The van der Waals surface area contributed by atoms with E-state index in [1.807, 2.05) is 4.90 Å². The molecule has 1 saturated heterocycles. The number of hydrogen-bond donors (Lipinski definition) is 4. The molecule has 35 heavy (non-hydrogen) atoms. The molecule has 1 atom stereocenters. The van der Waals surface area contributed by atoms with E-state index in [9.17, 15) is 14.7 Å². The smallest absolute Gasteiger partial charge is 0.247 e. The van der Waals surface area contributed by atoms with Gasteiger partial charge in [0, 0.05) is 45.3 Å². The number of piperazine rings is 1. The second-order valence-electron chi connectivity index (χ2n) is 9.49. The van der Waals surface area contributed by atoms with E-state index < -0.39 is 6.04 Å². The van der Waals surface area contributed by atoms with Crippen LogP contribution < -0.4 is 16.4 Å². The minimum atomic E-state index is -0.737. The van der Waals surface area contributed by atoms with Crippen LogP contribution in [-0.2, 0) is 16.0 Å². The van der Waals surface area contributed by atoms with E-state index in [1.54, 1.807) is 6.20 Å². The molecule has 0 aromatic carbocycles. The highest BCUT2D eigenvalue weighted by atomic mass is 16.3. The highest BCUT2D eigenvalue weighted by Crippen LogP contribution is 2.12. The molecule has 2 rings (SSSR count). The monoisotopic (exact) mass is 493 g/mol. The maximum absolute atomic E-state index is 12.5. The zero-order valence-electron chi connectivity index (χ0n) is 21.4. The van der Waals surface area contributed by atoms with Crippen LogP contribution in [0.2, 0.25) is 0 Å².